The van der Waals surface area contributed by atoms with E-state index in [9.17, 15) is 30.0 Å². The molecule has 0 spiro atoms. The lowest BCUT2D eigenvalue weighted by Crippen LogP contribution is -1.97. The third-order valence-corrected chi connectivity index (χ3v) is 16.4. The quantitative estimate of drug-likeness (QED) is 0.101. The number of phenols is 4. The van der Waals surface area contributed by atoms with Crippen molar-refractivity contribution in [3.8, 4) is 45.3 Å². The molecular formula is C74H48Br4O6. The molecule has 0 bridgehead atoms. The summed E-state index contributed by atoms with van der Waals surface area (Å²) in [5.41, 5.74) is 2.58. The summed E-state index contributed by atoms with van der Waals surface area (Å²) in [7, 11) is 0. The minimum atomic E-state index is -0.121. The highest BCUT2D eigenvalue weighted by molar-refractivity contribution is 9.11. The molecule has 0 saturated heterocycles. The number of halogens is 4. The van der Waals surface area contributed by atoms with Crippen molar-refractivity contribution >= 4 is 161 Å². The van der Waals surface area contributed by atoms with E-state index in [1.54, 1.807) is 24.3 Å². The molecule has 1 aliphatic carbocycles. The Balaban J connectivity index is 0.000000115. The van der Waals surface area contributed by atoms with Gasteiger partial charge in [-0.2, -0.15) is 0 Å². The zero-order chi connectivity index (χ0) is 58.4. The molecule has 4 N–H and O–H groups in total. The van der Waals surface area contributed by atoms with Crippen LogP contribution < -0.4 is 0 Å². The number of rotatable bonds is 2. The highest BCUT2D eigenvalue weighted by Gasteiger charge is 2.19. The molecule has 14 aromatic rings. The number of hydrogen-bond donors (Lipinski definition) is 4. The summed E-state index contributed by atoms with van der Waals surface area (Å²) in [6.45, 7) is 0. The number of ketones is 2. The normalized spacial score (nSPS) is 11.7. The Morgan fingerprint density at radius 2 is 0.405 bits per heavy atom. The molecule has 0 unspecified atom stereocenters. The molecule has 0 heterocycles. The van der Waals surface area contributed by atoms with E-state index in [1.807, 2.05) is 97.1 Å². The summed E-state index contributed by atoms with van der Waals surface area (Å²) in [6.07, 6.45) is 5.01. The van der Waals surface area contributed by atoms with Crippen LogP contribution in [0.1, 0.15) is 0 Å². The van der Waals surface area contributed by atoms with Crippen LogP contribution in [-0.2, 0) is 9.59 Å². The molecule has 0 aliphatic heterocycles. The topological polar surface area (TPSA) is 115 Å². The maximum atomic E-state index is 10.5. The van der Waals surface area contributed by atoms with Crippen LogP contribution in [0.3, 0.4) is 0 Å². The van der Waals surface area contributed by atoms with Gasteiger partial charge in [0, 0.05) is 40.1 Å². The third-order valence-electron chi connectivity index (χ3n) is 14.4. The van der Waals surface area contributed by atoms with Crippen molar-refractivity contribution in [2.45, 2.75) is 0 Å². The van der Waals surface area contributed by atoms with Crippen LogP contribution in [-0.4, -0.2) is 32.0 Å². The highest BCUT2D eigenvalue weighted by atomic mass is 79.9. The van der Waals surface area contributed by atoms with Crippen LogP contribution in [0.5, 0.6) is 23.0 Å². The van der Waals surface area contributed by atoms with E-state index in [0.29, 0.717) is 22.3 Å². The second-order valence-electron chi connectivity index (χ2n) is 19.9. The maximum absolute atomic E-state index is 10.5. The molecule has 0 aromatic heterocycles. The van der Waals surface area contributed by atoms with Gasteiger partial charge in [-0.05, 0) is 208 Å². The number of benzene rings is 14. The molecule has 0 radical (unpaired) electrons. The smallest absolute Gasteiger partial charge is 0.178 e. The van der Waals surface area contributed by atoms with Crippen LogP contribution in [0.2, 0.25) is 0 Å². The van der Waals surface area contributed by atoms with Crippen molar-refractivity contribution in [3.05, 3.63) is 285 Å². The summed E-state index contributed by atoms with van der Waals surface area (Å²) < 4.78 is 3.88. The standard InChI is InChI=1S/2C20H12Br2O2.2C14H10.C6H4O2/c2*21-13-3-5-15-11(9-13)1-7-17(23)19(15)20-16-6-4-14(22)10-12(16)2-8-18(20)24;2*1-2-6-12-10-14-8-4-3-7-13(14)9-11(12)5-1;7-5-1-2-6(8)4-3-5/h2*1-10,23-24H;2*1-10H;1-4H. The molecule has 14 aromatic carbocycles. The van der Waals surface area contributed by atoms with E-state index in [2.05, 4.69) is 185 Å². The summed E-state index contributed by atoms with van der Waals surface area (Å²) in [5.74, 6) is 0.353. The van der Waals surface area contributed by atoms with Gasteiger partial charge in [0.25, 0.3) is 0 Å². The second-order valence-corrected chi connectivity index (χ2v) is 23.5. The van der Waals surface area contributed by atoms with Gasteiger partial charge < -0.3 is 20.4 Å². The number of hydrogen-bond acceptors (Lipinski definition) is 6. The molecule has 1 aliphatic rings. The van der Waals surface area contributed by atoms with Crippen molar-refractivity contribution in [1.82, 2.24) is 0 Å². The van der Waals surface area contributed by atoms with Gasteiger partial charge >= 0.3 is 0 Å². The molecule has 10 heteroatoms. The summed E-state index contributed by atoms with van der Waals surface area (Å²) in [6, 6.07) is 80.5. The van der Waals surface area contributed by atoms with Crippen LogP contribution in [0.15, 0.2) is 285 Å². The van der Waals surface area contributed by atoms with Crippen molar-refractivity contribution < 1.29 is 30.0 Å². The largest absolute Gasteiger partial charge is 0.507 e. The number of fused-ring (bicyclic) bond motifs is 8. The van der Waals surface area contributed by atoms with Gasteiger partial charge in [-0.1, -0.05) is 209 Å². The SMILES string of the molecule is O=C1C=CC(=O)C=C1.Oc1ccc2cc(Br)ccc2c1-c1c(O)ccc2cc(Br)ccc12.Oc1ccc2cc(Br)ccc2c1-c1c(O)ccc2cc(Br)ccc12.c1ccc2cc3ccccc3cc2c1.c1ccc2cc3ccccc3cc2c1. The van der Waals surface area contributed by atoms with E-state index < -0.39 is 0 Å². The Kier molecular flexibility index (Phi) is 17.2. The van der Waals surface area contributed by atoms with E-state index >= 15 is 0 Å². The molecule has 0 amide bonds. The first-order valence-electron chi connectivity index (χ1n) is 26.6. The lowest BCUT2D eigenvalue weighted by molar-refractivity contribution is -0.113. The fraction of sp³-hybridized carbons (Fsp3) is 0. The molecule has 0 saturated carbocycles. The van der Waals surface area contributed by atoms with Crippen molar-refractivity contribution in [2.24, 2.45) is 0 Å². The Bertz CT molecular complexity index is 4240. The van der Waals surface area contributed by atoms with E-state index in [1.165, 1.54) is 67.4 Å². The Labute approximate surface area is 517 Å². The van der Waals surface area contributed by atoms with Gasteiger partial charge in [0.2, 0.25) is 0 Å². The third kappa shape index (κ3) is 12.7. The average molecular weight is 1350 g/mol. The van der Waals surface area contributed by atoms with Gasteiger partial charge in [-0.15, -0.1) is 0 Å². The molecule has 0 fully saturated rings. The molecule has 15 rings (SSSR count). The Hall–Kier alpha value is -8.90. The van der Waals surface area contributed by atoms with Gasteiger partial charge in [0.1, 0.15) is 23.0 Å². The lowest BCUT2D eigenvalue weighted by atomic mass is 9.92. The zero-order valence-corrected chi connectivity index (χ0v) is 50.9. The van der Waals surface area contributed by atoms with Crippen molar-refractivity contribution in [3.63, 3.8) is 0 Å². The average Bonchev–Trinajstić information content (AvgIpc) is 2.87. The predicted octanol–water partition coefficient (Wildman–Crippen LogP) is 21.4. The number of allylic oxidation sites excluding steroid dienone is 4. The Morgan fingerprint density at radius 1 is 0.214 bits per heavy atom. The van der Waals surface area contributed by atoms with Crippen molar-refractivity contribution in [2.75, 3.05) is 0 Å². The van der Waals surface area contributed by atoms with E-state index in [0.717, 1.165) is 61.0 Å². The number of carbonyl (C=O) groups excluding carboxylic acids is 2. The minimum absolute atomic E-state index is 0.121. The first kappa shape index (κ1) is 56.9. The van der Waals surface area contributed by atoms with E-state index in [4.69, 9.17) is 0 Å². The molecule has 84 heavy (non-hydrogen) atoms. The maximum Gasteiger partial charge on any atom is 0.178 e. The zero-order valence-electron chi connectivity index (χ0n) is 44.5. The van der Waals surface area contributed by atoms with Crippen LogP contribution in [0.25, 0.3) is 108 Å². The van der Waals surface area contributed by atoms with Gasteiger partial charge in [-0.3, -0.25) is 9.59 Å². The number of phenolic OH excluding ortho intramolecular Hbond substituents is 4. The second kappa shape index (κ2) is 25.3. The molecule has 0 atom stereocenters. The molecular weight excluding hydrogens is 1300 g/mol. The minimum Gasteiger partial charge on any atom is -0.507 e. The molecule has 408 valence electrons. The number of carbonyl (C=O) groups is 2. The lowest BCUT2D eigenvalue weighted by Gasteiger charge is -2.14. The van der Waals surface area contributed by atoms with Crippen LogP contribution in [0.4, 0.5) is 0 Å². The predicted molar refractivity (Wildman–Crippen MR) is 362 cm³/mol. The fourth-order valence-electron chi connectivity index (χ4n) is 10.4. The first-order chi connectivity index (χ1) is 40.7. The summed E-state index contributed by atoms with van der Waals surface area (Å²) in [5, 5.41) is 60.2. The van der Waals surface area contributed by atoms with Gasteiger partial charge in [0.05, 0.1) is 0 Å². The first-order valence-corrected chi connectivity index (χ1v) is 29.8. The summed E-state index contributed by atoms with van der Waals surface area (Å²) in [4.78, 5) is 20.6. The number of aromatic hydroxyl groups is 4. The van der Waals surface area contributed by atoms with Crippen LogP contribution >= 0.6 is 63.7 Å². The van der Waals surface area contributed by atoms with Gasteiger partial charge in [-0.25, -0.2) is 0 Å². The monoisotopic (exact) mass is 1350 g/mol. The molecule has 6 nitrogen and oxygen atoms in total. The van der Waals surface area contributed by atoms with Crippen LogP contribution in [0, 0.1) is 0 Å². The van der Waals surface area contributed by atoms with Crippen molar-refractivity contribution in [1.29, 1.82) is 0 Å². The summed E-state index contributed by atoms with van der Waals surface area (Å²) >= 11 is 13.9. The highest BCUT2D eigenvalue weighted by Crippen LogP contribution is 2.47. The van der Waals surface area contributed by atoms with Gasteiger partial charge in [0.15, 0.2) is 11.6 Å². The van der Waals surface area contributed by atoms with E-state index in [-0.39, 0.29) is 34.6 Å². The fourth-order valence-corrected chi connectivity index (χ4v) is 11.9. The Morgan fingerprint density at radius 3 is 0.595 bits per heavy atom.